The lowest BCUT2D eigenvalue weighted by Gasteiger charge is -2.28. The molecule has 0 aliphatic heterocycles. The quantitative estimate of drug-likeness (QED) is 0.506. The van der Waals surface area contributed by atoms with Crippen molar-refractivity contribution in [3.05, 3.63) is 65.0 Å². The highest BCUT2D eigenvalue weighted by molar-refractivity contribution is 5.43. The molecule has 1 aromatic carbocycles. The number of nitrogens with zero attached hydrogens (tertiary/aromatic N) is 1. The first kappa shape index (κ1) is 17.6. The van der Waals surface area contributed by atoms with E-state index in [0.717, 1.165) is 17.5 Å². The van der Waals surface area contributed by atoms with Crippen LogP contribution in [0.5, 0.6) is 0 Å². The van der Waals surface area contributed by atoms with E-state index in [1.807, 2.05) is 12.1 Å². The summed E-state index contributed by atoms with van der Waals surface area (Å²) in [7, 11) is 0. The summed E-state index contributed by atoms with van der Waals surface area (Å²) in [4.78, 5) is 3.14. The minimum Gasteiger partial charge on any atom is -0.189 e. The van der Waals surface area contributed by atoms with E-state index in [1.165, 1.54) is 50.2 Å². The highest BCUT2D eigenvalue weighted by Gasteiger charge is 2.21. The zero-order chi connectivity index (χ0) is 17.6. The Morgan fingerprint density at radius 2 is 1.68 bits per heavy atom. The number of aromatic nitrogens is 1. The Balaban J connectivity index is 1.64. The van der Waals surface area contributed by atoms with Crippen molar-refractivity contribution in [1.82, 2.24) is 4.98 Å². The molecule has 1 aliphatic carbocycles. The summed E-state index contributed by atoms with van der Waals surface area (Å²) in [5.41, 5.74) is 2.31. The van der Waals surface area contributed by atoms with Crippen molar-refractivity contribution < 1.29 is 8.78 Å². The molecule has 0 spiro atoms. The van der Waals surface area contributed by atoms with Crippen LogP contribution in [0.15, 0.2) is 36.4 Å². The third-order valence-electron chi connectivity index (χ3n) is 5.08. The summed E-state index contributed by atoms with van der Waals surface area (Å²) in [5, 5.41) is 0. The van der Waals surface area contributed by atoms with Crippen LogP contribution < -0.4 is 0 Å². The molecule has 2 aromatic rings. The van der Waals surface area contributed by atoms with Crippen LogP contribution in [-0.2, 0) is 0 Å². The monoisotopic (exact) mass is 339 g/mol. The molecule has 1 saturated carbocycles. The Morgan fingerprint density at radius 3 is 2.32 bits per heavy atom. The largest absolute Gasteiger partial charge is 0.231 e. The van der Waals surface area contributed by atoms with E-state index >= 15 is 0 Å². The summed E-state index contributed by atoms with van der Waals surface area (Å²) in [6.45, 7) is 2.26. The van der Waals surface area contributed by atoms with E-state index in [0.29, 0.717) is 5.92 Å². The number of hydrogen-bond acceptors (Lipinski definition) is 1. The summed E-state index contributed by atoms with van der Waals surface area (Å²) >= 11 is 0. The first-order chi connectivity index (χ1) is 12.2. The number of pyridine rings is 1. The molecule has 130 valence electrons. The van der Waals surface area contributed by atoms with Gasteiger partial charge in [-0.25, -0.2) is 0 Å². The van der Waals surface area contributed by atoms with Crippen LogP contribution in [0, 0.1) is 29.7 Å². The molecule has 0 atom stereocenters. The first-order valence-corrected chi connectivity index (χ1v) is 9.09. The Kier molecular flexibility index (Phi) is 5.81. The van der Waals surface area contributed by atoms with E-state index in [1.54, 1.807) is 0 Å². The summed E-state index contributed by atoms with van der Waals surface area (Å²) in [6, 6.07) is 10.7. The third-order valence-corrected chi connectivity index (χ3v) is 5.08. The van der Waals surface area contributed by atoms with Gasteiger partial charge < -0.3 is 0 Å². The molecular formula is C22H23F2N. The van der Waals surface area contributed by atoms with Crippen molar-refractivity contribution in [3.8, 4) is 11.8 Å². The lowest BCUT2D eigenvalue weighted by atomic mass is 9.77. The number of rotatable bonds is 3. The smallest absolute Gasteiger partial charge is 0.189 e. The fraction of sp³-hybridized carbons (Fsp3) is 0.409. The zero-order valence-electron chi connectivity index (χ0n) is 14.6. The van der Waals surface area contributed by atoms with E-state index in [-0.39, 0.29) is 5.56 Å². The maximum Gasteiger partial charge on any atom is 0.231 e. The minimum absolute atomic E-state index is 0.111. The molecule has 0 unspecified atom stereocenters. The van der Waals surface area contributed by atoms with Crippen LogP contribution in [0.4, 0.5) is 8.78 Å². The standard InChI is InChI=1S/C22H23F2N/c1-2-3-16-4-9-18(10-5-16)19-11-6-17(7-12-19)8-13-20-14-15-21(23)25-22(20)24/h6-7,11-12,14-16,18H,2-5,9-10H2,1H3. The van der Waals surface area contributed by atoms with Gasteiger partial charge in [0.25, 0.3) is 0 Å². The minimum atomic E-state index is -0.868. The normalized spacial score (nSPS) is 20.0. The van der Waals surface area contributed by atoms with Gasteiger partial charge in [0.05, 0.1) is 5.56 Å². The molecule has 1 fully saturated rings. The van der Waals surface area contributed by atoms with Gasteiger partial charge in [-0.05, 0) is 67.3 Å². The van der Waals surface area contributed by atoms with E-state index < -0.39 is 11.9 Å². The average Bonchev–Trinajstić information content (AvgIpc) is 2.62. The number of hydrogen-bond donors (Lipinski definition) is 0. The Labute approximate surface area is 148 Å². The molecule has 0 amide bonds. The molecule has 0 bridgehead atoms. The van der Waals surface area contributed by atoms with E-state index in [9.17, 15) is 8.78 Å². The van der Waals surface area contributed by atoms with Crippen molar-refractivity contribution >= 4 is 0 Å². The van der Waals surface area contributed by atoms with Crippen molar-refractivity contribution in [2.24, 2.45) is 5.92 Å². The van der Waals surface area contributed by atoms with Crippen LogP contribution in [0.1, 0.15) is 68.1 Å². The lowest BCUT2D eigenvalue weighted by Crippen LogP contribution is -2.13. The maximum absolute atomic E-state index is 13.5. The molecule has 25 heavy (non-hydrogen) atoms. The highest BCUT2D eigenvalue weighted by atomic mass is 19.1. The molecule has 0 saturated heterocycles. The molecule has 1 heterocycles. The van der Waals surface area contributed by atoms with Gasteiger partial charge in [-0.3, -0.25) is 0 Å². The zero-order valence-corrected chi connectivity index (χ0v) is 14.6. The van der Waals surface area contributed by atoms with Crippen LogP contribution in [0.25, 0.3) is 0 Å². The Hall–Kier alpha value is -2.21. The van der Waals surface area contributed by atoms with E-state index in [2.05, 4.69) is 35.9 Å². The van der Waals surface area contributed by atoms with Crippen LogP contribution in [0.3, 0.4) is 0 Å². The molecule has 0 radical (unpaired) electrons. The van der Waals surface area contributed by atoms with Gasteiger partial charge >= 0.3 is 0 Å². The second kappa shape index (κ2) is 8.25. The van der Waals surface area contributed by atoms with Gasteiger partial charge in [-0.15, -0.1) is 0 Å². The molecular weight excluding hydrogens is 316 g/mol. The van der Waals surface area contributed by atoms with Gasteiger partial charge in [0.15, 0.2) is 0 Å². The first-order valence-electron chi connectivity index (χ1n) is 9.09. The second-order valence-electron chi connectivity index (χ2n) is 6.85. The van der Waals surface area contributed by atoms with Crippen LogP contribution in [-0.4, -0.2) is 4.98 Å². The Morgan fingerprint density at radius 1 is 0.960 bits per heavy atom. The van der Waals surface area contributed by atoms with Crippen molar-refractivity contribution in [2.45, 2.75) is 51.4 Å². The predicted octanol–water partition coefficient (Wildman–Crippen LogP) is 5.83. The van der Waals surface area contributed by atoms with Crippen molar-refractivity contribution in [3.63, 3.8) is 0 Å². The summed E-state index contributed by atoms with van der Waals surface area (Å²) in [5.74, 6) is 5.50. The molecule has 1 nitrogen and oxygen atoms in total. The number of halogens is 2. The molecule has 3 rings (SSSR count). The SMILES string of the molecule is CCCC1CCC(c2ccc(C#Cc3ccc(F)nc3F)cc2)CC1. The fourth-order valence-electron chi connectivity index (χ4n) is 3.68. The maximum atomic E-state index is 13.5. The van der Waals surface area contributed by atoms with Gasteiger partial charge in [-0.2, -0.15) is 13.8 Å². The molecule has 0 N–H and O–H groups in total. The third kappa shape index (κ3) is 4.66. The lowest BCUT2D eigenvalue weighted by molar-refractivity contribution is 0.308. The predicted molar refractivity (Wildman–Crippen MR) is 96.2 cm³/mol. The van der Waals surface area contributed by atoms with Gasteiger partial charge in [-0.1, -0.05) is 43.7 Å². The Bertz CT molecular complexity index is 763. The van der Waals surface area contributed by atoms with Crippen LogP contribution >= 0.6 is 0 Å². The van der Waals surface area contributed by atoms with Gasteiger partial charge in [0.1, 0.15) is 0 Å². The molecule has 3 heteroatoms. The average molecular weight is 339 g/mol. The molecule has 1 aromatic heterocycles. The second-order valence-corrected chi connectivity index (χ2v) is 6.85. The fourth-order valence-corrected chi connectivity index (χ4v) is 3.68. The summed E-state index contributed by atoms with van der Waals surface area (Å²) < 4.78 is 26.3. The molecule has 1 aliphatic rings. The van der Waals surface area contributed by atoms with Gasteiger partial charge in [0, 0.05) is 5.56 Å². The van der Waals surface area contributed by atoms with E-state index in [4.69, 9.17) is 0 Å². The topological polar surface area (TPSA) is 12.9 Å². The van der Waals surface area contributed by atoms with Crippen LogP contribution in [0.2, 0.25) is 0 Å². The highest BCUT2D eigenvalue weighted by Crippen LogP contribution is 2.37. The number of benzene rings is 1. The van der Waals surface area contributed by atoms with Crippen molar-refractivity contribution in [2.75, 3.05) is 0 Å². The van der Waals surface area contributed by atoms with Gasteiger partial charge in [0.2, 0.25) is 11.9 Å². The van der Waals surface area contributed by atoms with Crippen molar-refractivity contribution in [1.29, 1.82) is 0 Å². The summed E-state index contributed by atoms with van der Waals surface area (Å²) in [6.07, 6.45) is 7.83.